The molecule has 2 heterocycles. The van der Waals surface area contributed by atoms with Crippen LogP contribution in [0.5, 0.6) is 0 Å². The fourth-order valence-corrected chi connectivity index (χ4v) is 4.17. The fraction of sp³-hybridized carbons (Fsp3) is 0.786. The van der Waals surface area contributed by atoms with Crippen molar-refractivity contribution in [3.63, 3.8) is 0 Å². The molecular formula is C14H22N2OS. The van der Waals surface area contributed by atoms with Gasteiger partial charge in [0.05, 0.1) is 17.8 Å². The van der Waals surface area contributed by atoms with Gasteiger partial charge >= 0.3 is 0 Å². The first kappa shape index (κ1) is 12.6. The molecule has 1 aliphatic carbocycles. The zero-order chi connectivity index (χ0) is 12.5. The smallest absolute Gasteiger partial charge is 0.113 e. The van der Waals surface area contributed by atoms with Gasteiger partial charge in [0.1, 0.15) is 5.01 Å². The number of rotatable bonds is 4. The number of aryl methyl sites for hydroxylation is 2. The van der Waals surface area contributed by atoms with Crippen LogP contribution in [-0.4, -0.2) is 23.7 Å². The van der Waals surface area contributed by atoms with Gasteiger partial charge in [0.2, 0.25) is 0 Å². The molecule has 3 rings (SSSR count). The van der Waals surface area contributed by atoms with Crippen LogP contribution in [0.2, 0.25) is 0 Å². The number of thiazole rings is 1. The summed E-state index contributed by atoms with van der Waals surface area (Å²) in [4.78, 5) is 6.38. The van der Waals surface area contributed by atoms with Gasteiger partial charge in [-0.25, -0.2) is 4.98 Å². The second-order valence-electron chi connectivity index (χ2n) is 5.63. The van der Waals surface area contributed by atoms with Crippen molar-refractivity contribution in [1.82, 2.24) is 10.3 Å². The van der Waals surface area contributed by atoms with Crippen molar-refractivity contribution in [2.24, 2.45) is 0 Å². The molecule has 0 saturated carbocycles. The highest BCUT2D eigenvalue weighted by atomic mass is 32.1. The Kier molecular flexibility index (Phi) is 3.68. The average molecular weight is 266 g/mol. The Morgan fingerprint density at radius 3 is 2.89 bits per heavy atom. The van der Waals surface area contributed by atoms with E-state index in [1.54, 1.807) is 0 Å². The SMILES string of the molecule is CC(C)NC(c1nc2c(s1)CCC2)C1CCCO1. The van der Waals surface area contributed by atoms with Crippen molar-refractivity contribution in [2.75, 3.05) is 6.61 Å². The maximum Gasteiger partial charge on any atom is 0.113 e. The predicted octanol–water partition coefficient (Wildman–Crippen LogP) is 2.85. The van der Waals surface area contributed by atoms with E-state index in [-0.39, 0.29) is 0 Å². The first-order valence-corrected chi connectivity index (χ1v) is 7.92. The summed E-state index contributed by atoms with van der Waals surface area (Å²) in [6.45, 7) is 5.30. The van der Waals surface area contributed by atoms with E-state index in [0.717, 1.165) is 13.0 Å². The second-order valence-corrected chi connectivity index (χ2v) is 6.74. The van der Waals surface area contributed by atoms with Crippen LogP contribution >= 0.6 is 11.3 Å². The molecule has 1 N–H and O–H groups in total. The zero-order valence-electron chi connectivity index (χ0n) is 11.2. The van der Waals surface area contributed by atoms with Crippen molar-refractivity contribution in [3.05, 3.63) is 15.6 Å². The van der Waals surface area contributed by atoms with Crippen LogP contribution < -0.4 is 5.32 Å². The summed E-state index contributed by atoms with van der Waals surface area (Å²) in [5.41, 5.74) is 1.35. The van der Waals surface area contributed by atoms with Crippen molar-refractivity contribution in [3.8, 4) is 0 Å². The maximum absolute atomic E-state index is 5.88. The Balaban J connectivity index is 1.82. The van der Waals surface area contributed by atoms with E-state index >= 15 is 0 Å². The van der Waals surface area contributed by atoms with E-state index < -0.39 is 0 Å². The van der Waals surface area contributed by atoms with E-state index in [1.807, 2.05) is 11.3 Å². The molecule has 100 valence electrons. The van der Waals surface area contributed by atoms with Gasteiger partial charge in [-0.2, -0.15) is 0 Å². The van der Waals surface area contributed by atoms with Crippen LogP contribution in [0, 0.1) is 0 Å². The molecule has 4 heteroatoms. The Morgan fingerprint density at radius 1 is 1.33 bits per heavy atom. The molecule has 1 aromatic rings. The second kappa shape index (κ2) is 5.27. The minimum absolute atomic E-state index is 0.295. The highest BCUT2D eigenvalue weighted by Gasteiger charge is 2.31. The van der Waals surface area contributed by atoms with E-state index in [9.17, 15) is 0 Å². The van der Waals surface area contributed by atoms with Crippen molar-refractivity contribution in [1.29, 1.82) is 0 Å². The Bertz CT molecular complexity index is 388. The molecule has 1 fully saturated rings. The lowest BCUT2D eigenvalue weighted by Crippen LogP contribution is -2.36. The summed E-state index contributed by atoms with van der Waals surface area (Å²) in [6.07, 6.45) is 6.36. The van der Waals surface area contributed by atoms with E-state index in [2.05, 4.69) is 19.2 Å². The van der Waals surface area contributed by atoms with Crippen molar-refractivity contribution < 1.29 is 4.74 Å². The lowest BCUT2D eigenvalue weighted by Gasteiger charge is -2.24. The van der Waals surface area contributed by atoms with Crippen LogP contribution in [0.25, 0.3) is 0 Å². The van der Waals surface area contributed by atoms with Gasteiger partial charge in [0, 0.05) is 17.5 Å². The lowest BCUT2D eigenvalue weighted by molar-refractivity contribution is 0.0752. The largest absolute Gasteiger partial charge is 0.376 e. The third kappa shape index (κ3) is 2.46. The zero-order valence-corrected chi connectivity index (χ0v) is 12.1. The number of nitrogens with one attached hydrogen (secondary N) is 1. The van der Waals surface area contributed by atoms with Crippen LogP contribution in [0.4, 0.5) is 0 Å². The molecule has 2 atom stereocenters. The van der Waals surface area contributed by atoms with Crippen LogP contribution in [0.3, 0.4) is 0 Å². The quantitative estimate of drug-likeness (QED) is 0.910. The molecule has 18 heavy (non-hydrogen) atoms. The normalized spacial score (nSPS) is 24.7. The standard InChI is InChI=1S/C14H22N2OS/c1-9(2)15-13(11-6-4-8-17-11)14-16-10-5-3-7-12(10)18-14/h9,11,13,15H,3-8H2,1-2H3. The van der Waals surface area contributed by atoms with Gasteiger partial charge in [0.15, 0.2) is 0 Å². The summed E-state index contributed by atoms with van der Waals surface area (Å²) in [5, 5.41) is 4.90. The highest BCUT2D eigenvalue weighted by Crippen LogP contribution is 2.34. The minimum Gasteiger partial charge on any atom is -0.376 e. The summed E-state index contributed by atoms with van der Waals surface area (Å²) in [7, 11) is 0. The highest BCUT2D eigenvalue weighted by molar-refractivity contribution is 7.11. The molecular weight excluding hydrogens is 244 g/mol. The van der Waals surface area contributed by atoms with E-state index in [4.69, 9.17) is 9.72 Å². The molecule has 0 amide bonds. The third-order valence-electron chi connectivity index (χ3n) is 3.73. The molecule has 0 aromatic carbocycles. The van der Waals surface area contributed by atoms with Crippen LogP contribution in [0.15, 0.2) is 0 Å². The number of aromatic nitrogens is 1. The fourth-order valence-electron chi connectivity index (χ4n) is 2.91. The summed E-state index contributed by atoms with van der Waals surface area (Å²) >= 11 is 1.91. The van der Waals surface area contributed by atoms with Crippen LogP contribution in [-0.2, 0) is 17.6 Å². The van der Waals surface area contributed by atoms with Gasteiger partial charge in [-0.3, -0.25) is 0 Å². The molecule has 0 radical (unpaired) electrons. The van der Waals surface area contributed by atoms with Gasteiger partial charge in [-0.15, -0.1) is 11.3 Å². The molecule has 1 saturated heterocycles. The van der Waals surface area contributed by atoms with Gasteiger partial charge in [0.25, 0.3) is 0 Å². The van der Waals surface area contributed by atoms with Crippen LogP contribution in [0.1, 0.15) is 54.7 Å². The number of nitrogens with zero attached hydrogens (tertiary/aromatic N) is 1. The first-order chi connectivity index (χ1) is 8.74. The Morgan fingerprint density at radius 2 is 2.22 bits per heavy atom. The van der Waals surface area contributed by atoms with Gasteiger partial charge in [-0.1, -0.05) is 13.8 Å². The summed E-state index contributed by atoms with van der Waals surface area (Å²) in [5.74, 6) is 0. The number of hydrogen-bond donors (Lipinski definition) is 1. The Labute approximate surface area is 113 Å². The molecule has 1 aliphatic heterocycles. The van der Waals surface area contributed by atoms with Crippen molar-refractivity contribution in [2.45, 2.75) is 64.1 Å². The molecule has 0 spiro atoms. The molecule has 0 bridgehead atoms. The monoisotopic (exact) mass is 266 g/mol. The Hall–Kier alpha value is -0.450. The summed E-state index contributed by atoms with van der Waals surface area (Å²) < 4.78 is 5.88. The minimum atomic E-state index is 0.295. The number of ether oxygens (including phenoxy) is 1. The molecule has 2 aliphatic rings. The molecule has 1 aromatic heterocycles. The summed E-state index contributed by atoms with van der Waals surface area (Å²) in [6, 6.07) is 0.765. The number of fused-ring (bicyclic) bond motifs is 1. The first-order valence-electron chi connectivity index (χ1n) is 7.10. The molecule has 3 nitrogen and oxygen atoms in total. The van der Waals surface area contributed by atoms with Gasteiger partial charge in [-0.05, 0) is 32.1 Å². The topological polar surface area (TPSA) is 34.2 Å². The molecule has 2 unspecified atom stereocenters. The predicted molar refractivity (Wildman–Crippen MR) is 74.1 cm³/mol. The third-order valence-corrected chi connectivity index (χ3v) is 4.97. The lowest BCUT2D eigenvalue weighted by atomic mass is 10.1. The number of hydrogen-bond acceptors (Lipinski definition) is 4. The average Bonchev–Trinajstić information content (AvgIpc) is 3.01. The van der Waals surface area contributed by atoms with Gasteiger partial charge < -0.3 is 10.1 Å². The van der Waals surface area contributed by atoms with Crippen molar-refractivity contribution >= 4 is 11.3 Å². The van der Waals surface area contributed by atoms with E-state index in [1.165, 1.54) is 41.3 Å². The maximum atomic E-state index is 5.88. The van der Waals surface area contributed by atoms with E-state index in [0.29, 0.717) is 18.2 Å².